The highest BCUT2D eigenvalue weighted by Crippen LogP contribution is 2.03. The van der Waals surface area contributed by atoms with E-state index in [1.807, 2.05) is 24.4 Å². The number of nitrogens with one attached hydrogen (secondary N) is 1. The van der Waals surface area contributed by atoms with Gasteiger partial charge in [-0.15, -0.1) is 0 Å². The van der Waals surface area contributed by atoms with Crippen molar-refractivity contribution in [1.29, 1.82) is 0 Å². The Bertz CT molecular complexity index is 758. The maximum Gasteiger partial charge on any atom is 0.332 e. The van der Waals surface area contributed by atoms with Gasteiger partial charge in [0, 0.05) is 17.3 Å². The van der Waals surface area contributed by atoms with Gasteiger partial charge < -0.3 is 19.1 Å². The lowest BCUT2D eigenvalue weighted by molar-refractivity contribution is -0.144. The smallest absolute Gasteiger partial charge is 0.332 e. The molecule has 0 aliphatic carbocycles. The Balaban J connectivity index is 0. The fourth-order valence-electron chi connectivity index (χ4n) is 2.30. The van der Waals surface area contributed by atoms with E-state index in [9.17, 15) is 28.8 Å². The molecule has 0 heterocycles. The monoisotopic (exact) mass is 595 g/mol. The third-order valence-corrected chi connectivity index (χ3v) is 4.70. The molecule has 0 rings (SSSR count). The van der Waals surface area contributed by atoms with Crippen molar-refractivity contribution in [2.75, 3.05) is 56.7 Å². The first kappa shape index (κ1) is 37.5. The Morgan fingerprint density at radius 2 is 1.21 bits per heavy atom. The van der Waals surface area contributed by atoms with Gasteiger partial charge >= 0.3 is 30.0 Å². The van der Waals surface area contributed by atoms with Crippen LogP contribution in [0.5, 0.6) is 0 Å². The van der Waals surface area contributed by atoms with Crippen LogP contribution in [0.2, 0.25) is 0 Å². The highest BCUT2D eigenvalue weighted by atomic mass is 32.1. The standard InChI is InChI=1S/C18H29N3O9S3.C5H8/c22-13-19-17(26)21(6-9-30-16(25)3-12-33)18(27)20(4-7-28-14(23)1-10-31)5-8-29-15(24)2-11-32;1-3-5-4-2/h13,31-33H,1-12H2,(H,19,22,26);3-5H,1H2,2H3/b;5-4-. The number of hydrogen-bond acceptors (Lipinski definition) is 12. The van der Waals surface area contributed by atoms with Crippen LogP contribution in [-0.4, -0.2) is 103 Å². The number of imide groups is 2. The SMILES string of the molecule is C=C/C=C\C.O=CNC(=O)N(CCOC(=O)CCS)C(=O)N(CCOC(=O)CCS)CCOC(=O)CCS. The van der Waals surface area contributed by atoms with E-state index >= 15 is 0 Å². The number of hydrogen-bond donors (Lipinski definition) is 4. The first-order valence-electron chi connectivity index (χ1n) is 11.6. The number of allylic oxidation sites excluding steroid dienone is 3. The van der Waals surface area contributed by atoms with Crippen LogP contribution in [0.3, 0.4) is 0 Å². The molecule has 0 radical (unpaired) electrons. The van der Waals surface area contributed by atoms with Crippen LogP contribution in [0.15, 0.2) is 24.8 Å². The highest BCUT2D eigenvalue weighted by Gasteiger charge is 2.27. The molecule has 15 heteroatoms. The summed E-state index contributed by atoms with van der Waals surface area (Å²) in [7, 11) is 0. The van der Waals surface area contributed by atoms with Crippen LogP contribution in [0.4, 0.5) is 9.59 Å². The number of ether oxygens (including phenoxy) is 3. The van der Waals surface area contributed by atoms with Gasteiger partial charge in [-0.25, -0.2) is 14.5 Å². The lowest BCUT2D eigenvalue weighted by Gasteiger charge is -2.28. The summed E-state index contributed by atoms with van der Waals surface area (Å²) in [6.45, 7) is 4.11. The van der Waals surface area contributed by atoms with E-state index in [1.54, 1.807) is 6.08 Å². The van der Waals surface area contributed by atoms with Gasteiger partial charge in [0.25, 0.3) is 0 Å². The lowest BCUT2D eigenvalue weighted by Crippen LogP contribution is -2.52. The van der Waals surface area contributed by atoms with Gasteiger partial charge in [-0.1, -0.05) is 24.8 Å². The maximum absolute atomic E-state index is 13.0. The number of rotatable bonds is 17. The minimum absolute atomic E-state index is 0.0407. The number of carbonyl (C=O) groups excluding carboxylic acids is 6. The summed E-state index contributed by atoms with van der Waals surface area (Å²) in [5, 5.41) is 1.85. The quantitative estimate of drug-likeness (QED) is 0.0651. The second-order valence-corrected chi connectivity index (χ2v) is 8.17. The van der Waals surface area contributed by atoms with Gasteiger partial charge in [-0.3, -0.25) is 24.5 Å². The van der Waals surface area contributed by atoms with Gasteiger partial charge in [-0.2, -0.15) is 37.9 Å². The van der Waals surface area contributed by atoms with Gasteiger partial charge in [-0.05, 0) is 6.92 Å². The molecular weight excluding hydrogens is 558 g/mol. The van der Waals surface area contributed by atoms with Crippen molar-refractivity contribution in [3.63, 3.8) is 0 Å². The fourth-order valence-corrected chi connectivity index (χ4v) is 2.85. The van der Waals surface area contributed by atoms with Gasteiger partial charge in [0.2, 0.25) is 6.41 Å². The van der Waals surface area contributed by atoms with E-state index in [1.165, 1.54) is 0 Å². The van der Waals surface area contributed by atoms with E-state index in [4.69, 9.17) is 14.2 Å². The predicted octanol–water partition coefficient (Wildman–Crippen LogP) is 1.91. The zero-order chi connectivity index (χ0) is 29.2. The van der Waals surface area contributed by atoms with Crippen LogP contribution in [0.1, 0.15) is 26.2 Å². The molecular formula is C23H37N3O9S3. The molecule has 0 aromatic carbocycles. The molecule has 1 N–H and O–H groups in total. The van der Waals surface area contributed by atoms with E-state index < -0.39 is 30.0 Å². The Morgan fingerprint density at radius 3 is 1.53 bits per heavy atom. The van der Waals surface area contributed by atoms with Crippen LogP contribution in [-0.2, 0) is 33.4 Å². The molecule has 0 saturated carbocycles. The molecule has 0 aliphatic rings. The summed E-state index contributed by atoms with van der Waals surface area (Å²) in [6, 6.07) is -1.93. The summed E-state index contributed by atoms with van der Waals surface area (Å²) in [5.41, 5.74) is 0. The van der Waals surface area contributed by atoms with Crippen molar-refractivity contribution in [2.45, 2.75) is 26.2 Å². The minimum Gasteiger partial charge on any atom is -0.464 e. The lowest BCUT2D eigenvalue weighted by atomic mass is 10.4. The Morgan fingerprint density at radius 1 is 0.789 bits per heavy atom. The van der Waals surface area contributed by atoms with Crippen molar-refractivity contribution < 1.29 is 43.0 Å². The Labute approximate surface area is 239 Å². The zero-order valence-corrected chi connectivity index (χ0v) is 24.1. The molecule has 0 bridgehead atoms. The number of urea groups is 2. The largest absolute Gasteiger partial charge is 0.464 e. The van der Waals surface area contributed by atoms with Crippen LogP contribution < -0.4 is 5.32 Å². The molecule has 0 spiro atoms. The predicted molar refractivity (Wildman–Crippen MR) is 152 cm³/mol. The summed E-state index contributed by atoms with van der Waals surface area (Å²) in [4.78, 5) is 72.2. The molecule has 0 aliphatic heterocycles. The Hall–Kier alpha value is -2.65. The molecule has 216 valence electrons. The average Bonchev–Trinajstić information content (AvgIpc) is 2.87. The van der Waals surface area contributed by atoms with Crippen molar-refractivity contribution in [2.24, 2.45) is 0 Å². The second-order valence-electron chi connectivity index (χ2n) is 6.83. The third kappa shape index (κ3) is 20.4. The molecule has 0 aromatic heterocycles. The fraction of sp³-hybridized carbons (Fsp3) is 0.565. The Kier molecular flexibility index (Phi) is 25.6. The number of carbonyl (C=O) groups is 6. The van der Waals surface area contributed by atoms with Crippen molar-refractivity contribution in [3.8, 4) is 0 Å². The van der Waals surface area contributed by atoms with Gasteiger partial charge in [0.15, 0.2) is 0 Å². The summed E-state index contributed by atoms with van der Waals surface area (Å²) < 4.78 is 14.9. The zero-order valence-electron chi connectivity index (χ0n) is 21.4. The van der Waals surface area contributed by atoms with E-state index in [0.29, 0.717) is 4.90 Å². The first-order valence-corrected chi connectivity index (χ1v) is 13.5. The van der Waals surface area contributed by atoms with Crippen LogP contribution in [0.25, 0.3) is 0 Å². The van der Waals surface area contributed by atoms with E-state index in [2.05, 4.69) is 44.5 Å². The van der Waals surface area contributed by atoms with E-state index in [0.717, 1.165) is 4.90 Å². The third-order valence-electron chi connectivity index (χ3n) is 4.03. The summed E-state index contributed by atoms with van der Waals surface area (Å²) in [5.74, 6) is -0.785. The van der Waals surface area contributed by atoms with Crippen molar-refractivity contribution >= 4 is 74.3 Å². The van der Waals surface area contributed by atoms with E-state index in [-0.39, 0.29) is 82.4 Å². The van der Waals surface area contributed by atoms with Crippen molar-refractivity contribution in [3.05, 3.63) is 24.8 Å². The van der Waals surface area contributed by atoms with Crippen molar-refractivity contribution in [1.82, 2.24) is 15.1 Å². The summed E-state index contributed by atoms with van der Waals surface area (Å²) in [6.07, 6.45) is 5.86. The van der Waals surface area contributed by atoms with Crippen LogP contribution >= 0.6 is 37.9 Å². The average molecular weight is 596 g/mol. The van der Waals surface area contributed by atoms with Gasteiger partial charge in [0.1, 0.15) is 19.8 Å². The maximum atomic E-state index is 13.0. The molecule has 5 amide bonds. The number of esters is 3. The normalized spacial score (nSPS) is 9.89. The first-order chi connectivity index (χ1) is 18.2. The number of thiol groups is 3. The molecule has 0 atom stereocenters. The van der Waals surface area contributed by atoms with Gasteiger partial charge in [0.05, 0.1) is 38.9 Å². The second kappa shape index (κ2) is 26.0. The molecule has 0 fully saturated rings. The highest BCUT2D eigenvalue weighted by molar-refractivity contribution is 7.80. The molecule has 12 nitrogen and oxygen atoms in total. The molecule has 0 unspecified atom stereocenters. The minimum atomic E-state index is -1.05. The molecule has 0 saturated heterocycles. The van der Waals surface area contributed by atoms with Crippen LogP contribution in [0, 0.1) is 0 Å². The summed E-state index contributed by atoms with van der Waals surface area (Å²) >= 11 is 11.8. The molecule has 38 heavy (non-hydrogen) atoms. The number of nitrogens with zero attached hydrogens (tertiary/aromatic N) is 2. The number of amides is 5. The molecule has 0 aromatic rings. The topological polar surface area (TPSA) is 149 Å².